The van der Waals surface area contributed by atoms with Crippen LogP contribution in [0, 0.1) is 0 Å². The second-order valence-electron chi connectivity index (χ2n) is 7.02. The fourth-order valence-corrected chi connectivity index (χ4v) is 3.72. The van der Waals surface area contributed by atoms with E-state index in [0.717, 1.165) is 22.8 Å². The van der Waals surface area contributed by atoms with Gasteiger partial charge in [-0.05, 0) is 0 Å². The van der Waals surface area contributed by atoms with Gasteiger partial charge in [-0.1, -0.05) is 0 Å². The quantitative estimate of drug-likeness (QED) is 0.397. The van der Waals surface area contributed by atoms with Gasteiger partial charge in [-0.3, -0.25) is 0 Å². The largest absolute Gasteiger partial charge is 1.00 e. The van der Waals surface area contributed by atoms with Gasteiger partial charge >= 0.3 is 140 Å². The molecule has 1 aliphatic rings. The Morgan fingerprint density at radius 3 is 2.05 bits per heavy atom. The summed E-state index contributed by atoms with van der Waals surface area (Å²) in [6.07, 6.45) is 2.12. The Kier molecular flexibility index (Phi) is 10.00. The molecule has 7 heteroatoms. The van der Waals surface area contributed by atoms with E-state index in [9.17, 15) is 0 Å². The molecular weight excluding hydrogens is 416 g/mol. The van der Waals surface area contributed by atoms with Gasteiger partial charge in [-0.2, -0.15) is 0 Å². The van der Waals surface area contributed by atoms with E-state index in [2.05, 4.69) is 51.8 Å². The zero-order chi connectivity index (χ0) is 15.7. The average molecular weight is 443 g/mol. The molecule has 0 saturated carbocycles. The van der Waals surface area contributed by atoms with Gasteiger partial charge in [0.15, 0.2) is 0 Å². The Morgan fingerprint density at radius 2 is 1.68 bits per heavy atom. The van der Waals surface area contributed by atoms with Crippen LogP contribution in [0.3, 0.4) is 0 Å². The minimum atomic E-state index is -1.64. The second kappa shape index (κ2) is 8.96. The normalized spacial score (nSPS) is 17.3. The molecule has 3 nitrogen and oxygen atoms in total. The third-order valence-corrected chi connectivity index (χ3v) is 4.75. The number of ether oxygens (including phenoxy) is 1. The van der Waals surface area contributed by atoms with Crippen molar-refractivity contribution in [1.29, 1.82) is 0 Å². The third kappa shape index (κ3) is 7.25. The van der Waals surface area contributed by atoms with Crippen molar-refractivity contribution in [3.63, 3.8) is 0 Å². The zero-order valence-corrected chi connectivity index (χ0v) is 19.6. The van der Waals surface area contributed by atoms with E-state index in [0.29, 0.717) is 0 Å². The number of allylic oxidation sites excluding steroid dienone is 4. The molecule has 0 amide bonds. The second-order valence-corrected chi connectivity index (χ2v) is 12.7. The first kappa shape index (κ1) is 24.6. The molecule has 0 radical (unpaired) electrons. The molecule has 0 aromatic carbocycles. The molecule has 0 aliphatic heterocycles. The van der Waals surface area contributed by atoms with Gasteiger partial charge in [-0.25, -0.2) is 0 Å². The van der Waals surface area contributed by atoms with Crippen molar-refractivity contribution in [2.45, 2.75) is 52.9 Å². The van der Waals surface area contributed by atoms with E-state index in [4.69, 9.17) is 9.16 Å². The van der Waals surface area contributed by atoms with Crippen molar-refractivity contribution in [3.05, 3.63) is 32.1 Å². The molecule has 0 bridgehead atoms. The molecule has 125 valence electrons. The van der Waals surface area contributed by atoms with E-state index >= 15 is 0 Å². The van der Waals surface area contributed by atoms with Gasteiger partial charge < -0.3 is 24.8 Å². The van der Waals surface area contributed by atoms with Crippen LogP contribution in [0.1, 0.15) is 27.7 Å². The van der Waals surface area contributed by atoms with Crippen molar-refractivity contribution in [1.82, 2.24) is 5.32 Å². The van der Waals surface area contributed by atoms with Crippen LogP contribution >= 0.6 is 0 Å². The molecular formula is C15H26Cl2NO2SiZr. The standard InChI is InChI=1S/C15H26NO2Si.2ClH.Zr/c1-11(17-5)12-9-13(16-15(2,3)4)14(10-12)18-19(6,7)8;;;/h10,16H,1-8H3;2*1H;/q;;;+2/p-2. The molecule has 0 fully saturated rings. The van der Waals surface area contributed by atoms with Crippen LogP contribution in [0.2, 0.25) is 19.6 Å². The van der Waals surface area contributed by atoms with E-state index in [1.54, 1.807) is 7.11 Å². The Hall–Kier alpha value is 0.300. The van der Waals surface area contributed by atoms with E-state index < -0.39 is 8.32 Å². The van der Waals surface area contributed by atoms with Crippen LogP contribution in [0.4, 0.5) is 0 Å². The Balaban J connectivity index is 0. The number of methoxy groups -OCH3 is 1. The zero-order valence-electron chi connectivity index (χ0n) is 14.6. The first-order valence-electron chi connectivity index (χ1n) is 6.85. The van der Waals surface area contributed by atoms with Crippen LogP contribution in [0.15, 0.2) is 32.1 Å². The maximum Gasteiger partial charge on any atom is -1.00 e. The van der Waals surface area contributed by atoms with Gasteiger partial charge in [-0.15, -0.1) is 0 Å². The maximum absolute atomic E-state index is 6.26. The number of nitrogens with one attached hydrogen (secondary N) is 1. The molecule has 0 aromatic heterocycles. The topological polar surface area (TPSA) is 30.5 Å². The monoisotopic (exact) mass is 440 g/mol. The van der Waals surface area contributed by atoms with Crippen molar-refractivity contribution >= 4 is 8.32 Å². The van der Waals surface area contributed by atoms with Gasteiger partial charge in [0.1, 0.15) is 0 Å². The third-order valence-electron chi connectivity index (χ3n) is 2.64. The molecule has 0 atom stereocenters. The molecule has 0 spiro atoms. The summed E-state index contributed by atoms with van der Waals surface area (Å²) in [7, 11) is 0.0766. The Morgan fingerprint density at radius 1 is 1.18 bits per heavy atom. The predicted molar refractivity (Wildman–Crippen MR) is 82.1 cm³/mol. The minimum Gasteiger partial charge on any atom is -1.00 e. The maximum atomic E-state index is 6.26. The molecule has 0 heterocycles. The first-order chi connectivity index (χ1) is 8.94. The van der Waals surface area contributed by atoms with Crippen LogP contribution < -0.4 is 30.1 Å². The number of rotatable bonds is 4. The van der Waals surface area contributed by atoms with Gasteiger partial charge in [0.05, 0.1) is 0 Å². The summed E-state index contributed by atoms with van der Waals surface area (Å²) in [5.41, 5.74) is 2.30. The van der Waals surface area contributed by atoms with Crippen LogP contribution in [0.25, 0.3) is 0 Å². The molecule has 0 saturated heterocycles. The summed E-state index contributed by atoms with van der Waals surface area (Å²) in [6.45, 7) is 15.1. The number of hydrogen-bond donors (Lipinski definition) is 1. The van der Waals surface area contributed by atoms with E-state index in [-0.39, 0.29) is 30.4 Å². The fourth-order valence-electron chi connectivity index (χ4n) is 1.83. The van der Waals surface area contributed by atoms with Crippen molar-refractivity contribution < 1.29 is 58.7 Å². The average Bonchev–Trinajstić information content (AvgIpc) is 2.52. The van der Waals surface area contributed by atoms with Gasteiger partial charge in [0.25, 0.3) is 0 Å². The van der Waals surface area contributed by atoms with Gasteiger partial charge in [0, 0.05) is 0 Å². The Bertz CT molecular complexity index is 489. The minimum absolute atomic E-state index is 0. The van der Waals surface area contributed by atoms with Crippen LogP contribution in [0.5, 0.6) is 0 Å². The number of hydrogen-bond acceptors (Lipinski definition) is 3. The summed E-state index contributed by atoms with van der Waals surface area (Å²) < 4.78 is 12.9. The SMILES string of the molecule is COC(C)=C1C=C(O[Si](C)(C)C)C(NC(C)(C)C)=[C]1[Zr+2].[Cl-].[Cl-]. The molecule has 1 rings (SSSR count). The predicted octanol–water partition coefficient (Wildman–Crippen LogP) is -2.19. The summed E-state index contributed by atoms with van der Waals surface area (Å²) >= 11 is 1.36. The molecule has 1 N–H and O–H groups in total. The summed E-state index contributed by atoms with van der Waals surface area (Å²) in [4.78, 5) is 0. The molecule has 1 aliphatic carbocycles. The first-order valence-corrected chi connectivity index (χ1v) is 11.5. The van der Waals surface area contributed by atoms with Crippen molar-refractivity contribution in [3.8, 4) is 0 Å². The smallest absolute Gasteiger partial charge is 1.00 e. The van der Waals surface area contributed by atoms with Crippen LogP contribution in [-0.2, 0) is 33.9 Å². The molecule has 0 unspecified atom stereocenters. The van der Waals surface area contributed by atoms with Crippen molar-refractivity contribution in [2.24, 2.45) is 0 Å². The molecule has 22 heavy (non-hydrogen) atoms. The van der Waals surface area contributed by atoms with Crippen LogP contribution in [-0.4, -0.2) is 21.0 Å². The summed E-state index contributed by atoms with van der Waals surface area (Å²) in [5.74, 6) is 1.91. The summed E-state index contributed by atoms with van der Waals surface area (Å²) in [5, 5.41) is 3.59. The van der Waals surface area contributed by atoms with E-state index in [1.807, 2.05) is 6.92 Å². The summed E-state index contributed by atoms with van der Waals surface area (Å²) in [6, 6.07) is 0. The van der Waals surface area contributed by atoms with Gasteiger partial charge in [0.2, 0.25) is 0 Å². The Labute approximate surface area is 163 Å². The molecule has 0 aromatic rings. The van der Waals surface area contributed by atoms with Crippen molar-refractivity contribution in [2.75, 3.05) is 7.11 Å². The van der Waals surface area contributed by atoms with E-state index in [1.165, 1.54) is 28.0 Å². The fraction of sp³-hybridized carbons (Fsp3) is 0.600. The number of halogens is 2.